The van der Waals surface area contributed by atoms with Crippen LogP contribution in [0.5, 0.6) is 5.75 Å². The molecule has 1 aromatic carbocycles. The Balaban J connectivity index is 1.75. The maximum atomic E-state index is 11.8. The number of aliphatic hydroxyl groups excluding tert-OH is 1. The van der Waals surface area contributed by atoms with Crippen molar-refractivity contribution in [2.45, 2.75) is 110 Å². The molecule has 0 spiro atoms. The Morgan fingerprint density at radius 1 is 1.19 bits per heavy atom. The first-order valence-electron chi connectivity index (χ1n) is 12.2. The third-order valence-corrected chi connectivity index (χ3v) is 7.12. The molecule has 2 atom stereocenters. The van der Waals surface area contributed by atoms with Gasteiger partial charge in [-0.15, -0.1) is 0 Å². The van der Waals surface area contributed by atoms with Crippen molar-refractivity contribution in [2.24, 2.45) is 0 Å². The number of carbonyl (C=O) groups is 1. The molecule has 3 aliphatic rings. The van der Waals surface area contributed by atoms with Crippen LogP contribution in [-0.2, 0) is 22.4 Å². The molecule has 0 aromatic heterocycles. The quantitative estimate of drug-likeness (QED) is 0.680. The normalized spacial score (nSPS) is 25.4. The fourth-order valence-corrected chi connectivity index (χ4v) is 5.78. The van der Waals surface area contributed by atoms with Gasteiger partial charge in [-0.2, -0.15) is 0 Å². The van der Waals surface area contributed by atoms with Crippen LogP contribution in [0.4, 0.5) is 5.69 Å². The number of piperidine rings is 1. The maximum Gasteiger partial charge on any atom is 0.308 e. The third kappa shape index (κ3) is 4.57. The molecule has 5 heteroatoms. The highest BCUT2D eigenvalue weighted by molar-refractivity contribution is 5.72. The van der Waals surface area contributed by atoms with E-state index >= 15 is 0 Å². The van der Waals surface area contributed by atoms with Crippen LogP contribution in [0.15, 0.2) is 0 Å². The number of anilines is 1. The lowest BCUT2D eigenvalue weighted by atomic mass is 9.84. The summed E-state index contributed by atoms with van der Waals surface area (Å²) in [4.78, 5) is 14.4. The molecule has 2 saturated heterocycles. The highest BCUT2D eigenvalue weighted by atomic mass is 16.5. The number of carbonyl (C=O) groups excluding carboxylic acids is 1. The monoisotopic (exact) mass is 429 g/mol. The highest BCUT2D eigenvalue weighted by Crippen LogP contribution is 2.49. The van der Waals surface area contributed by atoms with E-state index in [1.807, 2.05) is 0 Å². The van der Waals surface area contributed by atoms with Gasteiger partial charge in [-0.25, -0.2) is 0 Å². The Labute approximate surface area is 187 Å². The number of cyclic esters (lactones) is 1. The molecular formula is C26H39NO4. The number of ether oxygens (including phenoxy) is 2. The van der Waals surface area contributed by atoms with E-state index in [1.54, 1.807) is 0 Å². The molecule has 2 unspecified atom stereocenters. The van der Waals surface area contributed by atoms with Crippen molar-refractivity contribution < 1.29 is 19.4 Å². The van der Waals surface area contributed by atoms with Gasteiger partial charge in [0.2, 0.25) is 0 Å². The minimum atomic E-state index is -0.585. The third-order valence-electron chi connectivity index (χ3n) is 7.12. The second kappa shape index (κ2) is 8.65. The molecule has 5 nitrogen and oxygen atoms in total. The van der Waals surface area contributed by atoms with Crippen molar-refractivity contribution in [3.05, 3.63) is 22.3 Å². The van der Waals surface area contributed by atoms with Crippen molar-refractivity contribution >= 4 is 11.7 Å². The molecule has 31 heavy (non-hydrogen) atoms. The molecule has 0 aliphatic carbocycles. The van der Waals surface area contributed by atoms with E-state index < -0.39 is 6.10 Å². The van der Waals surface area contributed by atoms with E-state index in [4.69, 9.17) is 9.47 Å². The average molecular weight is 430 g/mol. The Morgan fingerprint density at radius 2 is 1.90 bits per heavy atom. The van der Waals surface area contributed by atoms with Gasteiger partial charge in [-0.3, -0.25) is 4.79 Å². The van der Waals surface area contributed by atoms with Crippen LogP contribution in [0.25, 0.3) is 0 Å². The summed E-state index contributed by atoms with van der Waals surface area (Å²) in [5.41, 5.74) is 6.64. The van der Waals surface area contributed by atoms with Crippen molar-refractivity contribution in [1.29, 1.82) is 0 Å². The Bertz CT molecular complexity index is 839. The summed E-state index contributed by atoms with van der Waals surface area (Å²) in [5, 5.41) is 10.0. The average Bonchev–Trinajstić information content (AvgIpc) is 3.02. The van der Waals surface area contributed by atoms with Crippen LogP contribution in [0.2, 0.25) is 0 Å². The fraction of sp³-hybridized carbons (Fsp3) is 0.731. The van der Waals surface area contributed by atoms with E-state index in [0.29, 0.717) is 12.3 Å². The van der Waals surface area contributed by atoms with Crippen molar-refractivity contribution in [3.63, 3.8) is 0 Å². The van der Waals surface area contributed by atoms with Crippen LogP contribution in [0.3, 0.4) is 0 Å². The van der Waals surface area contributed by atoms with Gasteiger partial charge < -0.3 is 19.5 Å². The number of fused-ring (bicyclic) bond motifs is 1. The topological polar surface area (TPSA) is 59.0 Å². The number of nitrogens with zero attached hydrogens (tertiary/aromatic N) is 1. The number of aliphatic hydroxyl groups is 1. The van der Waals surface area contributed by atoms with E-state index in [0.717, 1.165) is 38.1 Å². The highest BCUT2D eigenvalue weighted by Gasteiger charge is 2.38. The minimum absolute atomic E-state index is 0.115. The zero-order valence-corrected chi connectivity index (χ0v) is 19.9. The molecular weight excluding hydrogens is 390 g/mol. The number of hydrogen-bond acceptors (Lipinski definition) is 5. The molecule has 3 heterocycles. The number of esters is 1. The summed E-state index contributed by atoms with van der Waals surface area (Å²) < 4.78 is 12.1. The number of hydrogen-bond donors (Lipinski definition) is 1. The molecule has 3 aliphatic heterocycles. The van der Waals surface area contributed by atoms with Crippen LogP contribution >= 0.6 is 0 Å². The van der Waals surface area contributed by atoms with Crippen molar-refractivity contribution in [3.8, 4) is 5.75 Å². The zero-order chi connectivity index (χ0) is 22.3. The standard InChI is InChI=1S/C26H39NO4/c1-16(2)23-20(10-9-19-13-18(28)14-22(29)30-19)25-21(15-26(4,5)31-25)17(3)24(23)27-11-7-6-8-12-27/h16,18-19,28H,6-15H2,1-5H3. The molecule has 0 bridgehead atoms. The largest absolute Gasteiger partial charge is 0.487 e. The van der Waals surface area contributed by atoms with Crippen LogP contribution in [-0.4, -0.2) is 42.0 Å². The predicted octanol–water partition coefficient (Wildman–Crippen LogP) is 4.82. The summed E-state index contributed by atoms with van der Waals surface area (Å²) in [6, 6.07) is 0. The smallest absolute Gasteiger partial charge is 0.308 e. The van der Waals surface area contributed by atoms with Crippen molar-refractivity contribution in [2.75, 3.05) is 18.0 Å². The molecule has 4 rings (SSSR count). The van der Waals surface area contributed by atoms with E-state index in [2.05, 4.69) is 39.5 Å². The second-order valence-corrected chi connectivity index (χ2v) is 10.7. The Hall–Kier alpha value is -1.75. The van der Waals surface area contributed by atoms with Gasteiger partial charge in [-0.1, -0.05) is 13.8 Å². The van der Waals surface area contributed by atoms with Gasteiger partial charge in [0, 0.05) is 42.7 Å². The second-order valence-electron chi connectivity index (χ2n) is 10.7. The lowest BCUT2D eigenvalue weighted by Gasteiger charge is -2.35. The first-order chi connectivity index (χ1) is 14.7. The van der Waals surface area contributed by atoms with Crippen LogP contribution in [0, 0.1) is 6.92 Å². The molecule has 0 amide bonds. The molecule has 0 saturated carbocycles. The van der Waals surface area contributed by atoms with E-state index in [9.17, 15) is 9.90 Å². The summed E-state index contributed by atoms with van der Waals surface area (Å²) in [5.74, 6) is 1.16. The SMILES string of the molecule is Cc1c2c(c(CCC3CC(O)CC(=O)O3)c(C(C)C)c1N1CCCCC1)OC(C)(C)C2. The Morgan fingerprint density at radius 3 is 2.55 bits per heavy atom. The van der Waals surface area contributed by atoms with Gasteiger partial charge in [0.25, 0.3) is 0 Å². The lowest BCUT2D eigenvalue weighted by molar-refractivity contribution is -0.160. The molecule has 1 aromatic rings. The fourth-order valence-electron chi connectivity index (χ4n) is 5.78. The van der Waals surface area contributed by atoms with Gasteiger partial charge in [0.1, 0.15) is 17.5 Å². The number of benzene rings is 1. The molecule has 2 fully saturated rings. The van der Waals surface area contributed by atoms with Gasteiger partial charge in [0.15, 0.2) is 0 Å². The minimum Gasteiger partial charge on any atom is -0.487 e. The molecule has 0 radical (unpaired) electrons. The summed E-state index contributed by atoms with van der Waals surface area (Å²) in [6.45, 7) is 13.4. The Kier molecular flexibility index (Phi) is 6.26. The van der Waals surface area contributed by atoms with Crippen LogP contribution in [0.1, 0.15) is 94.4 Å². The predicted molar refractivity (Wildman–Crippen MR) is 123 cm³/mol. The van der Waals surface area contributed by atoms with E-state index in [-0.39, 0.29) is 24.1 Å². The summed E-state index contributed by atoms with van der Waals surface area (Å²) in [7, 11) is 0. The molecule has 1 N–H and O–H groups in total. The van der Waals surface area contributed by atoms with Gasteiger partial charge in [-0.05, 0) is 69.9 Å². The maximum absolute atomic E-state index is 11.8. The summed E-state index contributed by atoms with van der Waals surface area (Å²) in [6.07, 6.45) is 6.11. The van der Waals surface area contributed by atoms with Crippen LogP contribution < -0.4 is 9.64 Å². The number of rotatable bonds is 5. The van der Waals surface area contributed by atoms with Crippen molar-refractivity contribution in [1.82, 2.24) is 0 Å². The summed E-state index contributed by atoms with van der Waals surface area (Å²) >= 11 is 0. The van der Waals surface area contributed by atoms with E-state index in [1.165, 1.54) is 47.2 Å². The first kappa shape index (κ1) is 22.4. The van der Waals surface area contributed by atoms with Gasteiger partial charge >= 0.3 is 5.97 Å². The lowest BCUT2D eigenvalue weighted by Crippen LogP contribution is -2.33. The molecule has 172 valence electrons. The first-order valence-corrected chi connectivity index (χ1v) is 12.2. The zero-order valence-electron chi connectivity index (χ0n) is 19.9. The van der Waals surface area contributed by atoms with Gasteiger partial charge in [0.05, 0.1) is 12.5 Å².